The van der Waals surface area contributed by atoms with E-state index >= 15 is 0 Å². The molecule has 0 unspecified atom stereocenters. The molecule has 0 aliphatic rings. The van der Waals surface area contributed by atoms with Crippen LogP contribution in [0.1, 0.15) is 16.7 Å². The molecule has 1 N–H and O–H groups in total. The van der Waals surface area contributed by atoms with Gasteiger partial charge in [0.05, 0.1) is 6.07 Å². The van der Waals surface area contributed by atoms with E-state index in [1.165, 1.54) is 13.8 Å². The Labute approximate surface area is 76.1 Å². The maximum Gasteiger partial charge on any atom is 2.00 e. The predicted molar refractivity (Wildman–Crippen MR) is 29.9 cm³/mol. The molecule has 0 aromatic rings. The van der Waals surface area contributed by atoms with E-state index in [0.717, 1.165) is 0 Å². The molecule has 2 nitrogen and oxygen atoms in total. The van der Waals surface area contributed by atoms with Gasteiger partial charge >= 0.3 is 37.7 Å². The van der Waals surface area contributed by atoms with Crippen molar-refractivity contribution >= 4 is 37.7 Å². The monoisotopic (exact) mass is 127 g/mol. The minimum atomic E-state index is -1.15. The van der Waals surface area contributed by atoms with Crippen LogP contribution in [0.25, 0.3) is 0 Å². The minimum absolute atomic E-state index is 0. The molecule has 7 heavy (non-hydrogen) atoms. The molecule has 0 atom stereocenters. The zero-order chi connectivity index (χ0) is 5.21. The van der Waals surface area contributed by atoms with Gasteiger partial charge in [-0.05, 0) is 13.8 Å². The van der Waals surface area contributed by atoms with E-state index in [-0.39, 0.29) is 40.6 Å². The summed E-state index contributed by atoms with van der Waals surface area (Å²) in [7, 11) is 0. The summed E-state index contributed by atoms with van der Waals surface area (Å²) in [5, 5.41) is 16.4. The van der Waals surface area contributed by atoms with Gasteiger partial charge in [0.15, 0.2) is 0 Å². The first-order valence-electron chi connectivity index (χ1n) is 1.70. The van der Waals surface area contributed by atoms with Crippen LogP contribution in [0.5, 0.6) is 0 Å². The van der Waals surface area contributed by atoms with Crippen molar-refractivity contribution in [3.05, 3.63) is 0 Å². The Kier molecular flexibility index (Phi) is 5.60. The van der Waals surface area contributed by atoms with Gasteiger partial charge in [0.25, 0.3) is 0 Å². The van der Waals surface area contributed by atoms with E-state index < -0.39 is 5.60 Å². The molecule has 0 saturated carbocycles. The second kappa shape index (κ2) is 3.68. The molecule has 0 aromatic carbocycles. The molecular weight excluding hydrogens is 118 g/mol. The Hall–Kier alpha value is 0.710. The molecule has 0 aromatic heterocycles. The van der Waals surface area contributed by atoms with Crippen molar-refractivity contribution in [3.63, 3.8) is 0 Å². The molecule has 0 aliphatic carbocycles. The zero-order valence-corrected chi connectivity index (χ0v) is 6.81. The molecule has 3 heteroatoms. The van der Waals surface area contributed by atoms with Gasteiger partial charge in [-0.2, -0.15) is 5.26 Å². The summed E-state index contributed by atoms with van der Waals surface area (Å²) in [5.74, 6) is 0. The standard InChI is InChI=1S/C4H7NO.Ca.2H/c1-4(2,6)3-5;;;/h6H,1-2H3;;;/q;+2;2*-1. The smallest absolute Gasteiger partial charge is 1.00 e. The van der Waals surface area contributed by atoms with Gasteiger partial charge in [-0.25, -0.2) is 0 Å². The van der Waals surface area contributed by atoms with E-state index in [4.69, 9.17) is 10.4 Å². The van der Waals surface area contributed by atoms with E-state index in [0.29, 0.717) is 0 Å². The van der Waals surface area contributed by atoms with Crippen LogP contribution in [0.2, 0.25) is 0 Å². The topological polar surface area (TPSA) is 44.0 Å². The number of hydrogen-bond donors (Lipinski definition) is 1. The predicted octanol–water partition coefficient (Wildman–Crippen LogP) is 0.125. The van der Waals surface area contributed by atoms with Crippen LogP contribution in [-0.4, -0.2) is 48.4 Å². The Morgan fingerprint density at radius 3 is 1.86 bits per heavy atom. The number of nitriles is 1. The fourth-order valence-electron chi connectivity index (χ4n) is 0. The van der Waals surface area contributed by atoms with Crippen LogP contribution < -0.4 is 0 Å². The number of nitrogens with zero attached hydrogens (tertiary/aromatic N) is 1. The summed E-state index contributed by atoms with van der Waals surface area (Å²) in [4.78, 5) is 0. The maximum absolute atomic E-state index is 8.47. The third kappa shape index (κ3) is 10.8. The summed E-state index contributed by atoms with van der Waals surface area (Å²) in [6.07, 6.45) is 0. The molecule has 0 aliphatic heterocycles. The Morgan fingerprint density at radius 2 is 1.86 bits per heavy atom. The van der Waals surface area contributed by atoms with Crippen molar-refractivity contribution in [3.8, 4) is 6.07 Å². The zero-order valence-electron chi connectivity index (χ0n) is 6.60. The number of hydrogen-bond acceptors (Lipinski definition) is 2. The van der Waals surface area contributed by atoms with Crippen LogP contribution >= 0.6 is 0 Å². The van der Waals surface area contributed by atoms with Crippen molar-refractivity contribution in [2.45, 2.75) is 19.4 Å². The van der Waals surface area contributed by atoms with Crippen LogP contribution in [0.15, 0.2) is 0 Å². The van der Waals surface area contributed by atoms with Crippen LogP contribution in [0.3, 0.4) is 0 Å². The maximum atomic E-state index is 8.47. The molecule has 0 spiro atoms. The molecule has 0 bridgehead atoms. The van der Waals surface area contributed by atoms with Gasteiger partial charge in [0.2, 0.25) is 0 Å². The molecule has 0 amide bonds. The summed E-state index contributed by atoms with van der Waals surface area (Å²) in [5.41, 5.74) is -1.15. The van der Waals surface area contributed by atoms with Gasteiger partial charge in [-0.1, -0.05) is 0 Å². The van der Waals surface area contributed by atoms with E-state index in [2.05, 4.69) is 0 Å². The molecule has 0 radical (unpaired) electrons. The fraction of sp³-hybridized carbons (Fsp3) is 0.750. The molecule has 0 heterocycles. The average molecular weight is 127 g/mol. The first kappa shape index (κ1) is 10.6. The van der Waals surface area contributed by atoms with Crippen LogP contribution in [0, 0.1) is 11.3 Å². The minimum Gasteiger partial charge on any atom is -1.00 e. The van der Waals surface area contributed by atoms with E-state index in [9.17, 15) is 0 Å². The third-order valence-electron chi connectivity index (χ3n) is 0.274. The first-order valence-corrected chi connectivity index (χ1v) is 1.70. The average Bonchev–Trinajstić information content (AvgIpc) is 1.35. The fourth-order valence-corrected chi connectivity index (χ4v) is 0. The summed E-state index contributed by atoms with van der Waals surface area (Å²) in [6.45, 7) is 2.88. The van der Waals surface area contributed by atoms with Gasteiger partial charge in [-0.3, -0.25) is 0 Å². The van der Waals surface area contributed by atoms with Gasteiger partial charge in [0.1, 0.15) is 5.60 Å². The van der Waals surface area contributed by atoms with Gasteiger partial charge < -0.3 is 7.96 Å². The number of aliphatic hydroxyl groups is 1. The van der Waals surface area contributed by atoms with Crippen molar-refractivity contribution in [2.24, 2.45) is 0 Å². The summed E-state index contributed by atoms with van der Waals surface area (Å²) >= 11 is 0. The van der Waals surface area contributed by atoms with Crippen molar-refractivity contribution in [2.75, 3.05) is 0 Å². The van der Waals surface area contributed by atoms with Crippen LogP contribution in [-0.2, 0) is 0 Å². The summed E-state index contributed by atoms with van der Waals surface area (Å²) in [6, 6.07) is 1.66. The normalized spacial score (nSPS) is 8.86. The van der Waals surface area contributed by atoms with E-state index in [1.54, 1.807) is 6.07 Å². The third-order valence-corrected chi connectivity index (χ3v) is 0.274. The van der Waals surface area contributed by atoms with Crippen LogP contribution in [0.4, 0.5) is 0 Å². The quantitative estimate of drug-likeness (QED) is 0.371. The molecule has 0 fully saturated rings. The first-order chi connectivity index (χ1) is 2.56. The molecule has 0 saturated heterocycles. The van der Waals surface area contributed by atoms with Crippen molar-refractivity contribution < 1.29 is 7.96 Å². The second-order valence-electron chi connectivity index (χ2n) is 1.67. The van der Waals surface area contributed by atoms with Crippen molar-refractivity contribution in [1.82, 2.24) is 0 Å². The Morgan fingerprint density at radius 1 is 1.71 bits per heavy atom. The SMILES string of the molecule is CC(C)(O)C#N.[Ca+2].[H-].[H-]. The molecule has 38 valence electrons. The largest absolute Gasteiger partial charge is 2.00 e. The van der Waals surface area contributed by atoms with Gasteiger partial charge in [-0.15, -0.1) is 0 Å². The van der Waals surface area contributed by atoms with Gasteiger partial charge in [0, 0.05) is 0 Å². The molecule has 0 rings (SSSR count). The molecular formula is C4H9CaNO. The number of rotatable bonds is 0. The van der Waals surface area contributed by atoms with Crippen molar-refractivity contribution in [1.29, 1.82) is 5.26 Å². The Bertz CT molecular complexity index is 85.5. The second-order valence-corrected chi connectivity index (χ2v) is 1.67. The Balaban J connectivity index is -0.0000000417. The van der Waals surface area contributed by atoms with E-state index in [1.807, 2.05) is 0 Å². The summed E-state index contributed by atoms with van der Waals surface area (Å²) < 4.78 is 0.